The van der Waals surface area contributed by atoms with Gasteiger partial charge in [0.05, 0.1) is 45.2 Å². The first-order chi connectivity index (χ1) is 22.2. The Morgan fingerprint density at radius 1 is 0.723 bits per heavy atom. The molecule has 246 valence electrons. The zero-order valence-corrected chi connectivity index (χ0v) is 29.1. The first-order valence-corrected chi connectivity index (χ1v) is 16.5. The molecule has 14 heteroatoms. The first kappa shape index (κ1) is 34.3. The van der Waals surface area contributed by atoms with Crippen LogP contribution in [0.25, 0.3) is 5.57 Å². The van der Waals surface area contributed by atoms with Crippen molar-refractivity contribution in [3.05, 3.63) is 89.7 Å². The standard InChI is InChI=1S/C33H30FNO9S3/c1-15-13-19-20(14-16(15)2)35(27(36)17-9-11-18(34)12-10-17)32(3,4)26-21(19)33(22(28(37)41-5)23(45-26)29(38)42-6)46-24(30(39)43-7)25(47-33)31(40)44-8/h9-14H,1-8H3. The fraction of sp³-hybridized carbons (Fsp3) is 0.303. The lowest BCUT2D eigenvalue weighted by Crippen LogP contribution is -2.54. The van der Waals surface area contributed by atoms with E-state index in [1.54, 1.807) is 18.7 Å². The summed E-state index contributed by atoms with van der Waals surface area (Å²) >= 11 is 2.65. The highest BCUT2D eigenvalue weighted by atomic mass is 32.2. The summed E-state index contributed by atoms with van der Waals surface area (Å²) in [6.07, 6.45) is 0. The molecule has 0 fully saturated rings. The minimum Gasteiger partial charge on any atom is -0.466 e. The van der Waals surface area contributed by atoms with Crippen LogP contribution in [0.2, 0.25) is 0 Å². The SMILES string of the molecule is COC(=O)C1=C(C(=O)OC)SC2(S1)C(C(=O)OC)=C(C(=O)OC)SC1=C2c2cc(C)c(C)cc2N(C(=O)c2ccc(F)cc2)C1(C)C. The molecule has 0 radical (unpaired) electrons. The molecule has 3 aliphatic rings. The predicted molar refractivity (Wildman–Crippen MR) is 178 cm³/mol. The Kier molecular flexibility index (Phi) is 9.16. The third-order valence-corrected chi connectivity index (χ3v) is 12.7. The van der Waals surface area contributed by atoms with E-state index in [0.717, 1.165) is 74.9 Å². The molecule has 3 heterocycles. The van der Waals surface area contributed by atoms with Crippen molar-refractivity contribution in [2.45, 2.75) is 37.3 Å². The Balaban J connectivity index is 1.91. The minimum absolute atomic E-state index is 0.137. The number of fused-ring (bicyclic) bond motifs is 3. The maximum atomic E-state index is 14.4. The van der Waals surface area contributed by atoms with Crippen molar-refractivity contribution in [1.82, 2.24) is 0 Å². The van der Waals surface area contributed by atoms with Gasteiger partial charge in [0.25, 0.3) is 5.91 Å². The number of carbonyl (C=O) groups excluding carboxylic acids is 5. The second kappa shape index (κ2) is 12.5. The molecule has 0 unspecified atom stereocenters. The van der Waals surface area contributed by atoms with E-state index in [1.807, 2.05) is 26.0 Å². The Bertz CT molecular complexity index is 1830. The van der Waals surface area contributed by atoms with Gasteiger partial charge in [-0.3, -0.25) is 9.69 Å². The number of ether oxygens (including phenoxy) is 4. The lowest BCUT2D eigenvalue weighted by Gasteiger charge is -2.51. The normalized spacial score (nSPS) is 17.7. The molecule has 5 rings (SSSR count). The third kappa shape index (κ3) is 5.35. The average Bonchev–Trinajstić information content (AvgIpc) is 3.44. The van der Waals surface area contributed by atoms with Crippen molar-refractivity contribution in [3.8, 4) is 0 Å². The second-order valence-corrected chi connectivity index (χ2v) is 14.8. The molecule has 1 spiro atoms. The van der Waals surface area contributed by atoms with Gasteiger partial charge in [0.15, 0.2) is 0 Å². The van der Waals surface area contributed by atoms with Gasteiger partial charge < -0.3 is 18.9 Å². The van der Waals surface area contributed by atoms with Crippen LogP contribution in [0.3, 0.4) is 0 Å². The van der Waals surface area contributed by atoms with Crippen molar-refractivity contribution < 1.29 is 47.3 Å². The molecule has 0 saturated carbocycles. The number of anilines is 1. The minimum atomic E-state index is -1.69. The van der Waals surface area contributed by atoms with Gasteiger partial charge in [0.1, 0.15) is 24.6 Å². The van der Waals surface area contributed by atoms with E-state index in [-0.39, 0.29) is 25.9 Å². The molecule has 0 saturated heterocycles. The number of aryl methyl sites for hydroxylation is 2. The summed E-state index contributed by atoms with van der Waals surface area (Å²) < 4.78 is 32.6. The molecule has 0 N–H and O–H groups in total. The van der Waals surface area contributed by atoms with E-state index in [2.05, 4.69) is 0 Å². The third-order valence-electron chi connectivity index (χ3n) is 8.05. The van der Waals surface area contributed by atoms with Gasteiger partial charge in [0, 0.05) is 21.6 Å². The van der Waals surface area contributed by atoms with E-state index in [4.69, 9.17) is 18.9 Å². The number of methoxy groups -OCH3 is 4. The maximum Gasteiger partial charge on any atom is 0.345 e. The molecule has 2 aromatic carbocycles. The van der Waals surface area contributed by atoms with Crippen molar-refractivity contribution >= 4 is 76.3 Å². The molecular formula is C33H30FNO9S3. The lowest BCUT2D eigenvalue weighted by atomic mass is 9.82. The van der Waals surface area contributed by atoms with E-state index in [1.165, 1.54) is 24.3 Å². The Morgan fingerprint density at radius 2 is 1.21 bits per heavy atom. The van der Waals surface area contributed by atoms with Crippen molar-refractivity contribution in [1.29, 1.82) is 0 Å². The molecule has 47 heavy (non-hydrogen) atoms. The largest absolute Gasteiger partial charge is 0.466 e. The van der Waals surface area contributed by atoms with Gasteiger partial charge in [-0.1, -0.05) is 35.3 Å². The molecule has 2 aromatic rings. The van der Waals surface area contributed by atoms with Crippen LogP contribution in [-0.2, 0) is 38.1 Å². The van der Waals surface area contributed by atoms with Crippen LogP contribution in [0.1, 0.15) is 40.9 Å². The van der Waals surface area contributed by atoms with Crippen LogP contribution in [0.5, 0.6) is 0 Å². The predicted octanol–water partition coefficient (Wildman–Crippen LogP) is 5.67. The topological polar surface area (TPSA) is 126 Å². The fourth-order valence-electron chi connectivity index (χ4n) is 5.66. The summed E-state index contributed by atoms with van der Waals surface area (Å²) in [5, 5.41) is 0. The molecule has 0 atom stereocenters. The molecule has 1 amide bonds. The van der Waals surface area contributed by atoms with E-state index in [0.29, 0.717) is 21.7 Å². The van der Waals surface area contributed by atoms with Crippen LogP contribution in [-0.4, -0.2) is 67.8 Å². The van der Waals surface area contributed by atoms with Gasteiger partial charge in [-0.05, 0) is 75.2 Å². The summed E-state index contributed by atoms with van der Waals surface area (Å²) in [6.45, 7) is 7.33. The number of hydrogen-bond donors (Lipinski definition) is 0. The summed E-state index contributed by atoms with van der Waals surface area (Å²) in [5.41, 5.74) is 1.96. The summed E-state index contributed by atoms with van der Waals surface area (Å²) in [7, 11) is 4.62. The number of nitrogens with zero attached hydrogens (tertiary/aromatic N) is 1. The van der Waals surface area contributed by atoms with Gasteiger partial charge in [-0.2, -0.15) is 0 Å². The number of thioether (sulfide) groups is 3. The van der Waals surface area contributed by atoms with E-state index in [9.17, 15) is 28.4 Å². The van der Waals surface area contributed by atoms with Crippen molar-refractivity contribution in [2.75, 3.05) is 33.3 Å². The molecule has 0 bridgehead atoms. The highest BCUT2D eigenvalue weighted by molar-refractivity contribution is 8.26. The molecule has 0 aliphatic carbocycles. The Labute approximate surface area is 283 Å². The summed E-state index contributed by atoms with van der Waals surface area (Å²) in [6, 6.07) is 8.87. The first-order valence-electron chi connectivity index (χ1n) is 14.0. The van der Waals surface area contributed by atoms with Crippen LogP contribution in [0.4, 0.5) is 10.1 Å². The number of rotatable bonds is 5. The van der Waals surface area contributed by atoms with Crippen LogP contribution in [0.15, 0.2) is 61.6 Å². The van der Waals surface area contributed by atoms with Gasteiger partial charge >= 0.3 is 23.9 Å². The maximum absolute atomic E-state index is 14.4. The van der Waals surface area contributed by atoms with Crippen LogP contribution in [0, 0.1) is 19.7 Å². The second-order valence-electron chi connectivity index (χ2n) is 11.1. The highest BCUT2D eigenvalue weighted by Crippen LogP contribution is 2.71. The quantitative estimate of drug-likeness (QED) is 0.282. The summed E-state index contributed by atoms with van der Waals surface area (Å²) in [5.74, 6) is -4.42. The number of esters is 4. The smallest absolute Gasteiger partial charge is 0.345 e. The number of hydrogen-bond acceptors (Lipinski definition) is 12. The number of amides is 1. The highest BCUT2D eigenvalue weighted by Gasteiger charge is 2.62. The zero-order valence-electron chi connectivity index (χ0n) is 26.7. The van der Waals surface area contributed by atoms with Crippen molar-refractivity contribution in [3.63, 3.8) is 0 Å². The lowest BCUT2D eigenvalue weighted by molar-refractivity contribution is -0.138. The Hall–Kier alpha value is -4.01. The van der Waals surface area contributed by atoms with Crippen LogP contribution < -0.4 is 4.90 Å². The Morgan fingerprint density at radius 3 is 1.72 bits per heavy atom. The zero-order chi connectivity index (χ0) is 34.6. The number of benzene rings is 2. The van der Waals surface area contributed by atoms with Gasteiger partial charge in [0.2, 0.25) is 0 Å². The van der Waals surface area contributed by atoms with Gasteiger partial charge in [-0.15, -0.1) is 0 Å². The van der Waals surface area contributed by atoms with E-state index < -0.39 is 45.2 Å². The average molecular weight is 700 g/mol. The fourth-order valence-corrected chi connectivity index (χ4v) is 10.7. The van der Waals surface area contributed by atoms with Crippen LogP contribution >= 0.6 is 35.3 Å². The molecule has 0 aromatic heterocycles. The number of halogens is 1. The molecule has 10 nitrogen and oxygen atoms in total. The van der Waals surface area contributed by atoms with E-state index >= 15 is 0 Å². The van der Waals surface area contributed by atoms with Gasteiger partial charge in [-0.25, -0.2) is 23.6 Å². The number of carbonyl (C=O) groups is 5. The summed E-state index contributed by atoms with van der Waals surface area (Å²) in [4.78, 5) is 69.7. The monoisotopic (exact) mass is 699 g/mol. The molecular weight excluding hydrogens is 670 g/mol. The molecule has 3 aliphatic heterocycles. The van der Waals surface area contributed by atoms with Crippen molar-refractivity contribution in [2.24, 2.45) is 0 Å².